The quantitative estimate of drug-likeness (QED) is 0.851. The van der Waals surface area contributed by atoms with Crippen molar-refractivity contribution in [1.29, 1.82) is 0 Å². The minimum Gasteiger partial charge on any atom is -0.465 e. The molecule has 0 amide bonds. The van der Waals surface area contributed by atoms with Crippen LogP contribution < -0.4 is 5.73 Å². The first-order chi connectivity index (χ1) is 7.13. The molecule has 0 saturated heterocycles. The van der Waals surface area contributed by atoms with E-state index in [-0.39, 0.29) is 5.97 Å². The summed E-state index contributed by atoms with van der Waals surface area (Å²) in [6.07, 6.45) is 0.498. The maximum atomic E-state index is 11.3. The fourth-order valence-electron chi connectivity index (χ4n) is 1.25. The van der Waals surface area contributed by atoms with E-state index in [0.29, 0.717) is 13.0 Å². The second-order valence-electron chi connectivity index (χ2n) is 3.19. The van der Waals surface area contributed by atoms with Gasteiger partial charge in [-0.2, -0.15) is 0 Å². The lowest BCUT2D eigenvalue weighted by atomic mass is 10.1. The Balaban J connectivity index is 2.58. The van der Waals surface area contributed by atoms with Gasteiger partial charge in [-0.25, -0.2) is 0 Å². The molecular weight excluding hydrogens is 258 g/mol. The fourth-order valence-corrected chi connectivity index (χ4v) is 1.70. The molecule has 1 aromatic carbocycles. The minimum absolute atomic E-state index is 0.350. The highest BCUT2D eigenvalue weighted by Gasteiger charge is 2.14. The van der Waals surface area contributed by atoms with Crippen molar-refractivity contribution < 1.29 is 9.53 Å². The van der Waals surface area contributed by atoms with Crippen molar-refractivity contribution in [2.24, 2.45) is 5.73 Å². The number of carbonyl (C=O) groups excluding carboxylic acids is 1. The lowest BCUT2D eigenvalue weighted by molar-refractivity contribution is -0.144. The van der Waals surface area contributed by atoms with Crippen LogP contribution in [0.5, 0.6) is 0 Å². The predicted molar refractivity (Wildman–Crippen MR) is 62.5 cm³/mol. The Morgan fingerprint density at radius 3 is 2.93 bits per heavy atom. The minimum atomic E-state index is -0.584. The van der Waals surface area contributed by atoms with Gasteiger partial charge in [0.25, 0.3) is 0 Å². The molecule has 1 atom stereocenters. The molecule has 0 aliphatic heterocycles. The number of ether oxygens (including phenoxy) is 1. The van der Waals surface area contributed by atoms with Gasteiger partial charge in [-0.3, -0.25) is 4.79 Å². The Bertz CT molecular complexity index is 341. The molecule has 0 radical (unpaired) electrons. The molecule has 2 N–H and O–H groups in total. The molecule has 0 aromatic heterocycles. The second-order valence-corrected chi connectivity index (χ2v) is 4.11. The Morgan fingerprint density at radius 1 is 1.60 bits per heavy atom. The van der Waals surface area contributed by atoms with Gasteiger partial charge in [-0.15, -0.1) is 0 Å². The highest BCUT2D eigenvalue weighted by molar-refractivity contribution is 9.10. The number of esters is 1. The zero-order chi connectivity index (χ0) is 11.3. The molecule has 0 bridgehead atoms. The molecule has 1 aromatic rings. The van der Waals surface area contributed by atoms with Gasteiger partial charge in [0.05, 0.1) is 6.61 Å². The summed E-state index contributed by atoms with van der Waals surface area (Å²) < 4.78 is 5.81. The monoisotopic (exact) mass is 271 g/mol. The van der Waals surface area contributed by atoms with Gasteiger partial charge in [-0.1, -0.05) is 28.1 Å². The lowest BCUT2D eigenvalue weighted by Gasteiger charge is -2.10. The Hall–Kier alpha value is -0.870. The van der Waals surface area contributed by atoms with Crippen LogP contribution >= 0.6 is 15.9 Å². The Morgan fingerprint density at radius 2 is 2.33 bits per heavy atom. The molecular formula is C11H14BrNO2. The Labute approximate surface area is 97.7 Å². The third kappa shape index (κ3) is 4.01. The lowest BCUT2D eigenvalue weighted by Crippen LogP contribution is -2.34. The van der Waals surface area contributed by atoms with Gasteiger partial charge in [0.2, 0.25) is 0 Å². The zero-order valence-corrected chi connectivity index (χ0v) is 10.2. The summed E-state index contributed by atoms with van der Waals surface area (Å²) in [5.74, 6) is -0.350. The molecule has 0 heterocycles. The summed E-state index contributed by atoms with van der Waals surface area (Å²) in [4.78, 5) is 11.3. The molecule has 3 nitrogen and oxygen atoms in total. The first-order valence-electron chi connectivity index (χ1n) is 4.80. The van der Waals surface area contributed by atoms with Gasteiger partial charge < -0.3 is 10.5 Å². The summed E-state index contributed by atoms with van der Waals surface area (Å²) in [7, 11) is 0. The molecule has 0 saturated carbocycles. The number of nitrogens with two attached hydrogens (primary N) is 1. The molecule has 0 aliphatic carbocycles. The van der Waals surface area contributed by atoms with Gasteiger partial charge in [0.15, 0.2) is 0 Å². The third-order valence-corrected chi connectivity index (χ3v) is 2.43. The van der Waals surface area contributed by atoms with Gasteiger partial charge in [0, 0.05) is 4.47 Å². The topological polar surface area (TPSA) is 52.3 Å². The maximum Gasteiger partial charge on any atom is 0.323 e. The maximum absolute atomic E-state index is 11.3. The van der Waals surface area contributed by atoms with Crippen LogP contribution in [-0.4, -0.2) is 18.6 Å². The summed E-state index contributed by atoms with van der Waals surface area (Å²) in [6, 6.07) is 7.14. The molecule has 0 fully saturated rings. The van der Waals surface area contributed by atoms with E-state index in [2.05, 4.69) is 15.9 Å². The highest BCUT2D eigenvalue weighted by Crippen LogP contribution is 2.12. The highest BCUT2D eigenvalue weighted by atomic mass is 79.9. The summed E-state index contributed by atoms with van der Waals surface area (Å²) in [5, 5.41) is 0. The number of hydrogen-bond donors (Lipinski definition) is 1. The van der Waals surface area contributed by atoms with E-state index in [1.807, 2.05) is 24.3 Å². The van der Waals surface area contributed by atoms with Crippen molar-refractivity contribution >= 4 is 21.9 Å². The molecule has 4 heteroatoms. The van der Waals surface area contributed by atoms with Crippen molar-refractivity contribution in [3.8, 4) is 0 Å². The zero-order valence-electron chi connectivity index (χ0n) is 8.57. The summed E-state index contributed by atoms with van der Waals surface area (Å²) in [6.45, 7) is 2.13. The fraction of sp³-hybridized carbons (Fsp3) is 0.364. The van der Waals surface area contributed by atoms with E-state index in [0.717, 1.165) is 10.0 Å². The predicted octanol–water partition coefficient (Wildman–Crippen LogP) is 1.88. The van der Waals surface area contributed by atoms with Crippen LogP contribution in [0.15, 0.2) is 28.7 Å². The van der Waals surface area contributed by atoms with Crippen molar-refractivity contribution in [2.45, 2.75) is 19.4 Å². The smallest absolute Gasteiger partial charge is 0.323 e. The van der Waals surface area contributed by atoms with E-state index in [1.165, 1.54) is 0 Å². The molecule has 0 unspecified atom stereocenters. The van der Waals surface area contributed by atoms with Crippen LogP contribution in [-0.2, 0) is 16.0 Å². The van der Waals surface area contributed by atoms with Crippen molar-refractivity contribution in [1.82, 2.24) is 0 Å². The number of hydrogen-bond acceptors (Lipinski definition) is 3. The standard InChI is InChI=1S/C11H14BrNO2/c1-2-15-11(14)10(13)7-8-4-3-5-9(12)6-8/h3-6,10H,2,7,13H2,1H3/t10-/m0/s1. The van der Waals surface area contributed by atoms with Crippen LogP contribution in [0.3, 0.4) is 0 Å². The molecule has 1 rings (SSSR count). The van der Waals surface area contributed by atoms with Crippen LogP contribution in [0.1, 0.15) is 12.5 Å². The van der Waals surface area contributed by atoms with Crippen LogP contribution in [0, 0.1) is 0 Å². The Kier molecular flexibility index (Phi) is 4.78. The molecule has 82 valence electrons. The van der Waals surface area contributed by atoms with Crippen LogP contribution in [0.25, 0.3) is 0 Å². The molecule has 15 heavy (non-hydrogen) atoms. The number of benzene rings is 1. The number of halogens is 1. The number of carbonyl (C=O) groups is 1. The van der Waals surface area contributed by atoms with Gasteiger partial charge >= 0.3 is 5.97 Å². The normalized spacial score (nSPS) is 12.2. The van der Waals surface area contributed by atoms with Crippen molar-refractivity contribution in [3.05, 3.63) is 34.3 Å². The van der Waals surface area contributed by atoms with E-state index >= 15 is 0 Å². The largest absolute Gasteiger partial charge is 0.465 e. The molecule has 0 spiro atoms. The van der Waals surface area contributed by atoms with Crippen molar-refractivity contribution in [2.75, 3.05) is 6.61 Å². The third-order valence-electron chi connectivity index (χ3n) is 1.93. The van der Waals surface area contributed by atoms with E-state index < -0.39 is 6.04 Å². The molecule has 0 aliphatic rings. The number of rotatable bonds is 4. The first-order valence-corrected chi connectivity index (χ1v) is 5.59. The van der Waals surface area contributed by atoms with E-state index in [9.17, 15) is 4.79 Å². The summed E-state index contributed by atoms with van der Waals surface area (Å²) >= 11 is 3.36. The first kappa shape index (κ1) is 12.2. The van der Waals surface area contributed by atoms with E-state index in [1.54, 1.807) is 6.92 Å². The SMILES string of the molecule is CCOC(=O)[C@@H](N)Cc1cccc(Br)c1. The van der Waals surface area contributed by atoms with Gasteiger partial charge in [0.1, 0.15) is 6.04 Å². The summed E-state index contributed by atoms with van der Waals surface area (Å²) in [5.41, 5.74) is 6.71. The van der Waals surface area contributed by atoms with Crippen LogP contribution in [0.4, 0.5) is 0 Å². The van der Waals surface area contributed by atoms with Crippen LogP contribution in [0.2, 0.25) is 0 Å². The average molecular weight is 272 g/mol. The average Bonchev–Trinajstić information content (AvgIpc) is 2.18. The second kappa shape index (κ2) is 5.88. The van der Waals surface area contributed by atoms with Crippen molar-refractivity contribution in [3.63, 3.8) is 0 Å². The van der Waals surface area contributed by atoms with E-state index in [4.69, 9.17) is 10.5 Å². The van der Waals surface area contributed by atoms with Gasteiger partial charge in [-0.05, 0) is 31.0 Å².